The second-order valence-electron chi connectivity index (χ2n) is 23.6. The number of alkyl halides is 6. The summed E-state index contributed by atoms with van der Waals surface area (Å²) in [7, 11) is 4.74. The summed E-state index contributed by atoms with van der Waals surface area (Å²) in [6.07, 6.45) is 0.227. The average molecular weight is 1390 g/mol. The number of fused-ring (bicyclic) bond motifs is 3. The van der Waals surface area contributed by atoms with Gasteiger partial charge in [0.2, 0.25) is 0 Å². The monoisotopic (exact) mass is 1390 g/mol. The molecule has 0 aliphatic heterocycles. The third kappa shape index (κ3) is 16.9. The number of nitrogens with zero attached hydrogens (tertiary/aromatic N) is 9. The molecule has 24 nitrogen and oxygen atoms in total. The highest BCUT2D eigenvalue weighted by Gasteiger charge is 2.32. The molecule has 0 bridgehead atoms. The molecule has 102 heavy (non-hydrogen) atoms. The number of benzene rings is 6. The van der Waals surface area contributed by atoms with Crippen LogP contribution in [-0.2, 0) is 12.4 Å². The van der Waals surface area contributed by atoms with Crippen molar-refractivity contribution in [1.82, 2.24) is 44.9 Å². The summed E-state index contributed by atoms with van der Waals surface area (Å²) in [6.45, 7) is 11.7. The highest BCUT2D eigenvalue weighted by Crippen LogP contribution is 2.34. The van der Waals surface area contributed by atoms with Gasteiger partial charge in [-0.15, -0.1) is 0 Å². The first-order valence-corrected chi connectivity index (χ1v) is 31.2. The number of hydrogen-bond acceptors (Lipinski definition) is 12. The molecule has 0 aliphatic rings. The van der Waals surface area contributed by atoms with E-state index in [0.29, 0.717) is 84.8 Å². The molecule has 0 aliphatic carbocycles. The zero-order valence-electron chi connectivity index (χ0n) is 56.1. The Hall–Kier alpha value is -13.0. The summed E-state index contributed by atoms with van der Waals surface area (Å²) in [5.41, 5.74) is 7.86. The second-order valence-corrected chi connectivity index (χ2v) is 23.6. The van der Waals surface area contributed by atoms with E-state index < -0.39 is 47.4 Å². The van der Waals surface area contributed by atoms with Crippen LogP contribution in [0.3, 0.4) is 0 Å². The van der Waals surface area contributed by atoms with E-state index in [4.69, 9.17) is 0 Å². The minimum Gasteiger partial charge on any atom is -0.346 e. The SMILES string of the molecule is Cc1ccc(C(=O)Nc2ccc(C(C)C)c(C)c2)cc1NC(=O)N(C)c1ncnc2[nH]ccc12.Cc1ccc(C(=O)Nc2ccc(C(F)(F)F)cc2)cc1NC(=O)N(C)c1ncnc2[nH]ccc12.Cc1ccc(C(=O)Nc2cccc(C(F)(F)F)c2)cc1NC(=O)N(C)c1ncnc2[nH]ccc12. The van der Waals surface area contributed by atoms with Crippen LogP contribution in [0.4, 0.5) is 92.3 Å². The van der Waals surface area contributed by atoms with Crippen LogP contribution in [-0.4, -0.2) is 102 Å². The van der Waals surface area contributed by atoms with Gasteiger partial charge in [-0.05, 0) is 171 Å². The van der Waals surface area contributed by atoms with Crippen molar-refractivity contribution < 1.29 is 55.1 Å². The van der Waals surface area contributed by atoms with Crippen LogP contribution < -0.4 is 46.6 Å². The Morgan fingerprint density at radius 2 is 0.735 bits per heavy atom. The van der Waals surface area contributed by atoms with E-state index in [1.165, 1.54) is 81.7 Å². The van der Waals surface area contributed by atoms with E-state index in [2.05, 4.69) is 90.6 Å². The Labute approximate surface area is 578 Å². The van der Waals surface area contributed by atoms with Crippen LogP contribution in [0.1, 0.15) is 89.8 Å². The quantitative estimate of drug-likeness (QED) is 0.0487. The van der Waals surface area contributed by atoms with Gasteiger partial charge in [0.05, 0.1) is 27.3 Å². The number of carbonyl (C=O) groups excluding carboxylic acids is 6. The Kier molecular flexibility index (Phi) is 21.4. The fourth-order valence-electron chi connectivity index (χ4n) is 10.5. The van der Waals surface area contributed by atoms with E-state index in [1.54, 1.807) is 96.0 Å². The number of aromatic amines is 3. The Balaban J connectivity index is 0.000000165. The summed E-state index contributed by atoms with van der Waals surface area (Å²) in [5.74, 6) is 0.293. The van der Waals surface area contributed by atoms with Gasteiger partial charge in [0.1, 0.15) is 53.4 Å². The van der Waals surface area contributed by atoms with E-state index in [0.717, 1.165) is 46.5 Å². The van der Waals surface area contributed by atoms with Crippen molar-refractivity contribution >= 4 is 120 Å². The van der Waals surface area contributed by atoms with E-state index in [1.807, 2.05) is 44.2 Å². The number of carbonyl (C=O) groups is 6. The molecule has 30 heteroatoms. The number of halogens is 6. The molecule has 9 amide bonds. The molecule has 12 rings (SSSR count). The Morgan fingerprint density at radius 3 is 1.09 bits per heavy atom. The van der Waals surface area contributed by atoms with Crippen molar-refractivity contribution in [3.05, 3.63) is 233 Å². The second kappa shape index (κ2) is 30.4. The van der Waals surface area contributed by atoms with E-state index >= 15 is 0 Å². The first-order valence-electron chi connectivity index (χ1n) is 31.2. The minimum atomic E-state index is -4.52. The summed E-state index contributed by atoms with van der Waals surface area (Å²) in [6, 6.07) is 32.9. The number of aryl methyl sites for hydroxylation is 4. The third-order valence-corrected chi connectivity index (χ3v) is 16.2. The molecule has 0 saturated heterocycles. The molecule has 6 aromatic carbocycles. The number of H-pyrrole nitrogens is 3. The first-order chi connectivity index (χ1) is 48.5. The average Bonchev–Trinajstić information content (AvgIpc) is 1.52. The third-order valence-electron chi connectivity index (χ3n) is 16.2. The van der Waals surface area contributed by atoms with Gasteiger partial charge >= 0.3 is 30.4 Å². The fourth-order valence-corrected chi connectivity index (χ4v) is 10.5. The lowest BCUT2D eigenvalue weighted by Gasteiger charge is -2.19. The fraction of sp³-hybridized carbons (Fsp3) is 0.167. The minimum absolute atomic E-state index is 0.00463. The smallest absolute Gasteiger partial charge is 0.346 e. The predicted molar refractivity (Wildman–Crippen MR) is 379 cm³/mol. The van der Waals surface area contributed by atoms with Crippen molar-refractivity contribution in [1.29, 1.82) is 0 Å². The van der Waals surface area contributed by atoms with Crippen LogP contribution in [0.25, 0.3) is 33.1 Å². The van der Waals surface area contributed by atoms with Gasteiger partial charge in [-0.3, -0.25) is 29.1 Å². The largest absolute Gasteiger partial charge is 0.416 e. The molecule has 0 spiro atoms. The van der Waals surface area contributed by atoms with Crippen LogP contribution in [0.5, 0.6) is 0 Å². The molecule has 0 radical (unpaired) electrons. The standard InChI is InChI=1S/C26H28N6O2.2C23H19F3N6O2/c1-15(2)20-9-8-19(12-17(20)4)30-25(33)18-7-6-16(3)22(13-18)31-26(34)32(5)24-21-10-11-27-23(21)28-14-29-24;1-13-3-4-14(21(33)30-16-7-5-15(6-8-16)23(24,25)26)11-18(13)31-22(34)32(2)20-17-9-10-27-19(17)28-12-29-20;1-13-6-7-14(21(33)30-16-5-3-4-15(11-16)23(24,25)26)10-18(13)31-22(34)32(2)20-17-8-9-27-19(17)28-12-29-20/h6-15H,1-5H3,(H,30,33)(H,31,34)(H,27,28,29);2*3-12H,1-2H3,(H,30,33)(H,31,34)(H,27,28,29). The molecular weight excluding hydrogens is 1330 g/mol. The summed E-state index contributed by atoms with van der Waals surface area (Å²) in [5, 5.41) is 18.4. The number of nitrogens with one attached hydrogen (secondary N) is 9. The van der Waals surface area contributed by atoms with Gasteiger partial charge in [0.15, 0.2) is 0 Å². The molecule has 12 aromatic rings. The maximum absolute atomic E-state index is 13.0. The van der Waals surface area contributed by atoms with Gasteiger partial charge in [0, 0.05) is 90.5 Å². The maximum atomic E-state index is 13.0. The predicted octanol–water partition coefficient (Wildman–Crippen LogP) is 16.0. The Bertz CT molecular complexity index is 5130. The number of rotatable bonds is 13. The van der Waals surface area contributed by atoms with Crippen molar-refractivity contribution in [3.63, 3.8) is 0 Å². The summed E-state index contributed by atoms with van der Waals surface area (Å²) >= 11 is 0. The zero-order chi connectivity index (χ0) is 73.3. The topological polar surface area (TPSA) is 309 Å². The number of anilines is 9. The van der Waals surface area contributed by atoms with Crippen molar-refractivity contribution in [2.45, 2.75) is 59.8 Å². The van der Waals surface area contributed by atoms with Gasteiger partial charge in [-0.2, -0.15) is 26.3 Å². The molecule has 6 heterocycles. The van der Waals surface area contributed by atoms with Crippen molar-refractivity contribution in [2.75, 3.05) is 67.7 Å². The van der Waals surface area contributed by atoms with Crippen molar-refractivity contribution in [2.24, 2.45) is 0 Å². The molecule has 9 N–H and O–H groups in total. The van der Waals surface area contributed by atoms with Crippen LogP contribution in [0, 0.1) is 27.7 Å². The number of amides is 9. The van der Waals surface area contributed by atoms with Crippen LogP contribution in [0.15, 0.2) is 177 Å². The number of hydrogen-bond donors (Lipinski definition) is 9. The summed E-state index contributed by atoms with van der Waals surface area (Å²) < 4.78 is 77.0. The van der Waals surface area contributed by atoms with Gasteiger partial charge < -0.3 is 46.9 Å². The lowest BCUT2D eigenvalue weighted by molar-refractivity contribution is -0.138. The molecule has 0 atom stereocenters. The Morgan fingerprint density at radius 1 is 0.382 bits per heavy atom. The molecule has 0 saturated carbocycles. The normalized spacial score (nSPS) is 11.2. The lowest BCUT2D eigenvalue weighted by Crippen LogP contribution is -2.32. The maximum Gasteiger partial charge on any atom is 0.416 e. The van der Waals surface area contributed by atoms with Crippen LogP contribution >= 0.6 is 0 Å². The van der Waals surface area contributed by atoms with Gasteiger partial charge in [-0.1, -0.05) is 44.2 Å². The van der Waals surface area contributed by atoms with E-state index in [9.17, 15) is 55.1 Å². The van der Waals surface area contributed by atoms with Gasteiger partial charge in [-0.25, -0.2) is 44.3 Å². The summed E-state index contributed by atoms with van der Waals surface area (Å²) in [4.78, 5) is 115. The first kappa shape index (κ1) is 71.7. The number of urea groups is 3. The zero-order valence-corrected chi connectivity index (χ0v) is 56.1. The number of aromatic nitrogens is 9. The van der Waals surface area contributed by atoms with Crippen LogP contribution in [0.2, 0.25) is 0 Å². The molecule has 0 unspecified atom stereocenters. The van der Waals surface area contributed by atoms with Gasteiger partial charge in [0.25, 0.3) is 17.7 Å². The molecule has 522 valence electrons. The highest BCUT2D eigenvalue weighted by atomic mass is 19.4. The molecule has 0 fully saturated rings. The molecule has 6 aromatic heterocycles. The lowest BCUT2D eigenvalue weighted by atomic mass is 9.97. The van der Waals surface area contributed by atoms with Crippen molar-refractivity contribution in [3.8, 4) is 0 Å². The molecular formula is C72H66F6N18O6. The van der Waals surface area contributed by atoms with E-state index in [-0.39, 0.29) is 34.4 Å². The highest BCUT2D eigenvalue weighted by molar-refractivity contribution is 6.11.